The van der Waals surface area contributed by atoms with Crippen LogP contribution in [0.25, 0.3) is 0 Å². The third-order valence-electron chi connectivity index (χ3n) is 3.79. The molecule has 128 valence electrons. The van der Waals surface area contributed by atoms with Gasteiger partial charge in [-0.3, -0.25) is 4.79 Å². The normalized spacial score (nSPS) is 20.4. The van der Waals surface area contributed by atoms with Gasteiger partial charge in [-0.15, -0.1) is 0 Å². The molecule has 0 saturated carbocycles. The van der Waals surface area contributed by atoms with E-state index >= 15 is 0 Å². The number of halogens is 5. The number of rotatable bonds is 2. The zero-order valence-electron chi connectivity index (χ0n) is 11.9. The molecule has 5 nitrogen and oxygen atoms in total. The first kappa shape index (κ1) is 16.9. The second-order valence-electron chi connectivity index (χ2n) is 5.39. The number of carbonyl (C=O) groups excluding carboxylic acids is 1. The van der Waals surface area contributed by atoms with Gasteiger partial charge in [-0.25, -0.2) is 4.68 Å². The van der Waals surface area contributed by atoms with Crippen molar-refractivity contribution >= 4 is 34.9 Å². The average Bonchev–Trinajstić information content (AvgIpc) is 2.92. The second-order valence-corrected chi connectivity index (χ2v) is 6.20. The first-order chi connectivity index (χ1) is 11.2. The van der Waals surface area contributed by atoms with Crippen LogP contribution in [-0.2, 0) is 0 Å². The summed E-state index contributed by atoms with van der Waals surface area (Å²) in [4.78, 5) is 11.2. The van der Waals surface area contributed by atoms with Gasteiger partial charge in [0.1, 0.15) is 5.82 Å². The van der Waals surface area contributed by atoms with Gasteiger partial charge in [0.25, 0.3) is 5.91 Å². The lowest BCUT2D eigenvalue weighted by Crippen LogP contribution is -2.35. The Labute approximate surface area is 144 Å². The number of nitrogens with zero attached hydrogens (tertiary/aromatic N) is 2. The summed E-state index contributed by atoms with van der Waals surface area (Å²) in [5.41, 5.74) is 5.42. The zero-order valence-corrected chi connectivity index (χ0v) is 13.5. The quantitative estimate of drug-likeness (QED) is 0.830. The number of alkyl halides is 3. The molecule has 24 heavy (non-hydrogen) atoms. The highest BCUT2D eigenvalue weighted by Gasteiger charge is 2.46. The molecule has 3 N–H and O–H groups in total. The van der Waals surface area contributed by atoms with Crippen LogP contribution in [0.2, 0.25) is 10.0 Å². The fraction of sp³-hybridized carbons (Fsp3) is 0.286. The number of anilines is 1. The van der Waals surface area contributed by atoms with E-state index in [-0.39, 0.29) is 23.0 Å². The molecule has 2 heterocycles. The molecular weight excluding hydrogens is 368 g/mol. The maximum absolute atomic E-state index is 13.4. The zero-order chi connectivity index (χ0) is 17.6. The van der Waals surface area contributed by atoms with Crippen LogP contribution in [0.4, 0.5) is 19.0 Å². The van der Waals surface area contributed by atoms with Crippen LogP contribution in [-0.4, -0.2) is 21.9 Å². The molecule has 0 spiro atoms. The minimum atomic E-state index is -4.54. The number of carbonyl (C=O) groups is 1. The highest BCUT2D eigenvalue weighted by molar-refractivity contribution is 6.42. The summed E-state index contributed by atoms with van der Waals surface area (Å²) in [6.45, 7) is 0. The molecule has 1 aliphatic heterocycles. The summed E-state index contributed by atoms with van der Waals surface area (Å²) >= 11 is 11.8. The molecule has 10 heteroatoms. The molecule has 0 bridgehead atoms. The summed E-state index contributed by atoms with van der Waals surface area (Å²) < 4.78 is 41.0. The van der Waals surface area contributed by atoms with Gasteiger partial charge < -0.3 is 11.1 Å². The van der Waals surface area contributed by atoms with Crippen LogP contribution < -0.4 is 11.1 Å². The number of primary amides is 1. The summed E-state index contributed by atoms with van der Waals surface area (Å²) in [5, 5.41) is 7.16. The molecule has 0 unspecified atom stereocenters. The Kier molecular flexibility index (Phi) is 4.13. The van der Waals surface area contributed by atoms with Crippen molar-refractivity contribution < 1.29 is 18.0 Å². The minimum absolute atomic E-state index is 0.0634. The monoisotopic (exact) mass is 378 g/mol. The summed E-state index contributed by atoms with van der Waals surface area (Å²) in [6.07, 6.45) is -4.85. The predicted molar refractivity (Wildman–Crippen MR) is 83.3 cm³/mol. The first-order valence-electron chi connectivity index (χ1n) is 6.84. The Hall–Kier alpha value is -1.93. The lowest BCUT2D eigenvalue weighted by atomic mass is 9.97. The van der Waals surface area contributed by atoms with Gasteiger partial charge in [0.15, 0.2) is 11.7 Å². The Morgan fingerprint density at radius 2 is 2.00 bits per heavy atom. The van der Waals surface area contributed by atoms with E-state index in [1.54, 1.807) is 6.07 Å². The third-order valence-corrected chi connectivity index (χ3v) is 4.53. The number of nitrogens with two attached hydrogens (primary N) is 1. The highest BCUT2D eigenvalue weighted by Crippen LogP contribution is 2.44. The predicted octanol–water partition coefficient (Wildman–Crippen LogP) is 3.95. The van der Waals surface area contributed by atoms with E-state index in [1.807, 2.05) is 0 Å². The molecule has 0 radical (unpaired) electrons. The molecule has 1 aromatic heterocycles. The lowest BCUT2D eigenvalue weighted by Gasteiger charge is -2.33. The van der Waals surface area contributed by atoms with E-state index in [0.29, 0.717) is 10.6 Å². The van der Waals surface area contributed by atoms with E-state index in [0.717, 1.165) is 4.68 Å². The third kappa shape index (κ3) is 3.03. The smallest absolute Gasteiger partial charge is 0.364 e. The first-order valence-corrected chi connectivity index (χ1v) is 7.60. The molecule has 1 aromatic carbocycles. The number of aromatic nitrogens is 2. The number of fused-ring (bicyclic) bond motifs is 1. The van der Waals surface area contributed by atoms with Gasteiger partial charge in [0.05, 0.1) is 16.1 Å². The van der Waals surface area contributed by atoms with E-state index in [4.69, 9.17) is 28.9 Å². The standard InChI is InChI=1S/C14H11Cl2F3N4O/c15-7-2-1-6(3-8(7)16)9-4-11(14(17,18)19)23-12(21-9)5-10(22-23)13(20)24/h1-3,5,9,11,21H,4H2,(H2,20,24)/t9-,11+/m1/s1. The second kappa shape index (κ2) is 5.86. The summed E-state index contributed by atoms with van der Waals surface area (Å²) in [7, 11) is 0. The van der Waals surface area contributed by atoms with Gasteiger partial charge in [0.2, 0.25) is 0 Å². The van der Waals surface area contributed by atoms with E-state index in [2.05, 4.69) is 10.4 Å². The average molecular weight is 379 g/mol. The van der Waals surface area contributed by atoms with Crippen molar-refractivity contribution in [3.8, 4) is 0 Å². The van der Waals surface area contributed by atoms with Gasteiger partial charge in [-0.05, 0) is 17.7 Å². The number of nitrogens with one attached hydrogen (secondary N) is 1. The molecule has 3 rings (SSSR count). The Balaban J connectivity index is 2.03. The van der Waals surface area contributed by atoms with Crippen LogP contribution in [0.15, 0.2) is 24.3 Å². The largest absolute Gasteiger partial charge is 0.410 e. The number of benzene rings is 1. The molecule has 2 aromatic rings. The van der Waals surface area contributed by atoms with E-state index in [1.165, 1.54) is 18.2 Å². The van der Waals surface area contributed by atoms with Crippen LogP contribution in [0.1, 0.15) is 34.6 Å². The van der Waals surface area contributed by atoms with Crippen LogP contribution >= 0.6 is 23.2 Å². The van der Waals surface area contributed by atoms with Crippen molar-refractivity contribution in [1.82, 2.24) is 9.78 Å². The van der Waals surface area contributed by atoms with Crippen LogP contribution in [0, 0.1) is 0 Å². The van der Waals surface area contributed by atoms with Crippen LogP contribution in [0.3, 0.4) is 0 Å². The van der Waals surface area contributed by atoms with Gasteiger partial charge in [-0.1, -0.05) is 29.3 Å². The van der Waals surface area contributed by atoms with Crippen molar-refractivity contribution in [1.29, 1.82) is 0 Å². The van der Waals surface area contributed by atoms with Gasteiger partial charge in [0, 0.05) is 12.5 Å². The lowest BCUT2D eigenvalue weighted by molar-refractivity contribution is -0.173. The van der Waals surface area contributed by atoms with Crippen LogP contribution in [0.5, 0.6) is 0 Å². The fourth-order valence-corrected chi connectivity index (χ4v) is 2.95. The van der Waals surface area contributed by atoms with E-state index in [9.17, 15) is 18.0 Å². The molecule has 0 saturated heterocycles. The Morgan fingerprint density at radius 1 is 1.29 bits per heavy atom. The Bertz CT molecular complexity index is 806. The highest BCUT2D eigenvalue weighted by atomic mass is 35.5. The summed E-state index contributed by atoms with van der Waals surface area (Å²) in [6, 6.07) is 3.27. The van der Waals surface area contributed by atoms with Crippen molar-refractivity contribution in [3.63, 3.8) is 0 Å². The van der Waals surface area contributed by atoms with Crippen molar-refractivity contribution in [2.75, 3.05) is 5.32 Å². The molecule has 0 aliphatic carbocycles. The van der Waals surface area contributed by atoms with Crippen molar-refractivity contribution in [2.24, 2.45) is 5.73 Å². The van der Waals surface area contributed by atoms with Gasteiger partial charge >= 0.3 is 6.18 Å². The fourth-order valence-electron chi connectivity index (χ4n) is 2.64. The van der Waals surface area contributed by atoms with E-state index < -0.39 is 24.2 Å². The van der Waals surface area contributed by atoms with Crippen molar-refractivity contribution in [3.05, 3.63) is 45.6 Å². The minimum Gasteiger partial charge on any atom is -0.364 e. The summed E-state index contributed by atoms with van der Waals surface area (Å²) in [5.74, 6) is -0.834. The van der Waals surface area contributed by atoms with Crippen molar-refractivity contribution in [2.45, 2.75) is 24.7 Å². The topological polar surface area (TPSA) is 72.9 Å². The molecular formula is C14H11Cl2F3N4O. The number of hydrogen-bond donors (Lipinski definition) is 2. The maximum Gasteiger partial charge on any atom is 0.410 e. The molecule has 1 amide bonds. The molecule has 1 aliphatic rings. The van der Waals surface area contributed by atoms with Gasteiger partial charge in [-0.2, -0.15) is 18.3 Å². The Morgan fingerprint density at radius 3 is 2.58 bits per heavy atom. The number of amides is 1. The SMILES string of the molecule is NC(=O)c1cc2n(n1)[C@H](C(F)(F)F)C[C@H](c1ccc(Cl)c(Cl)c1)N2. The molecule has 2 atom stereocenters. The molecule has 0 fully saturated rings. The number of hydrogen-bond acceptors (Lipinski definition) is 3. The maximum atomic E-state index is 13.4.